The monoisotopic (exact) mass is 258 g/mol. The lowest BCUT2D eigenvalue weighted by atomic mass is 10.2. The molecule has 5 nitrogen and oxygen atoms in total. The van der Waals surface area contributed by atoms with E-state index in [2.05, 4.69) is 0 Å². The van der Waals surface area contributed by atoms with Crippen molar-refractivity contribution in [3.8, 4) is 0 Å². The van der Waals surface area contributed by atoms with Gasteiger partial charge in [-0.3, -0.25) is 0 Å². The first-order valence-corrected chi connectivity index (χ1v) is 7.02. The summed E-state index contributed by atoms with van der Waals surface area (Å²) >= 11 is 0. The molecule has 0 aliphatic rings. The Morgan fingerprint density at radius 3 is 2.24 bits per heavy atom. The molecule has 0 aromatic heterocycles. The third-order valence-electron chi connectivity index (χ3n) is 2.39. The number of nitrogens with two attached hydrogens (primary N) is 1. The Labute approximate surface area is 102 Å². The molecule has 0 aliphatic carbocycles. The summed E-state index contributed by atoms with van der Waals surface area (Å²) in [6, 6.07) is 6.35. The van der Waals surface area contributed by atoms with Crippen LogP contribution in [0.5, 0.6) is 0 Å². The van der Waals surface area contributed by atoms with Crippen LogP contribution >= 0.6 is 0 Å². The van der Waals surface area contributed by atoms with E-state index < -0.39 is 10.0 Å². The van der Waals surface area contributed by atoms with E-state index in [1.165, 1.54) is 12.1 Å². The average Bonchev–Trinajstić information content (AvgIpc) is 2.28. The van der Waals surface area contributed by atoms with Crippen molar-refractivity contribution in [1.29, 1.82) is 0 Å². The summed E-state index contributed by atoms with van der Waals surface area (Å²) in [6.45, 7) is 3.46. The van der Waals surface area contributed by atoms with Crippen molar-refractivity contribution in [2.75, 3.05) is 24.6 Å². The summed E-state index contributed by atoms with van der Waals surface area (Å²) < 4.78 is 22.2. The van der Waals surface area contributed by atoms with Crippen LogP contribution in [0.25, 0.3) is 0 Å². The summed E-state index contributed by atoms with van der Waals surface area (Å²) in [5, 5.41) is 14.0. The van der Waals surface area contributed by atoms with Crippen LogP contribution in [0.15, 0.2) is 29.2 Å². The van der Waals surface area contributed by atoms with Gasteiger partial charge in [-0.15, -0.1) is 0 Å². The van der Waals surface area contributed by atoms with Gasteiger partial charge >= 0.3 is 0 Å². The molecule has 3 N–H and O–H groups in total. The van der Waals surface area contributed by atoms with Crippen molar-refractivity contribution < 1.29 is 13.5 Å². The van der Waals surface area contributed by atoms with Crippen molar-refractivity contribution in [3.05, 3.63) is 24.3 Å². The number of nitrogens with zero attached hydrogens (tertiary/aromatic N) is 1. The van der Waals surface area contributed by atoms with Crippen LogP contribution in [0.2, 0.25) is 0 Å². The van der Waals surface area contributed by atoms with Crippen molar-refractivity contribution in [2.45, 2.75) is 18.2 Å². The molecule has 6 heteroatoms. The first-order valence-electron chi connectivity index (χ1n) is 5.47. The lowest BCUT2D eigenvalue weighted by molar-refractivity contribution is 0.302. The number of hydrogen-bond donors (Lipinski definition) is 2. The van der Waals surface area contributed by atoms with Gasteiger partial charge in [0.2, 0.25) is 10.0 Å². The third kappa shape index (κ3) is 3.99. The quantitative estimate of drug-likeness (QED) is 0.780. The minimum Gasteiger partial charge on any atom is -0.395 e. The smallest absolute Gasteiger partial charge is 0.238 e. The molecular weight excluding hydrogens is 240 g/mol. The van der Waals surface area contributed by atoms with Crippen molar-refractivity contribution in [1.82, 2.24) is 0 Å². The van der Waals surface area contributed by atoms with Gasteiger partial charge in [-0.25, -0.2) is 13.6 Å². The van der Waals surface area contributed by atoms with E-state index in [0.717, 1.165) is 18.7 Å². The Hall–Kier alpha value is -1.11. The molecule has 0 atom stereocenters. The maximum Gasteiger partial charge on any atom is 0.238 e. The van der Waals surface area contributed by atoms with Gasteiger partial charge in [-0.1, -0.05) is 6.92 Å². The molecule has 0 unspecified atom stereocenters. The highest BCUT2D eigenvalue weighted by molar-refractivity contribution is 7.89. The molecule has 1 aromatic carbocycles. The van der Waals surface area contributed by atoms with E-state index in [1.807, 2.05) is 11.8 Å². The molecular formula is C11H18N2O3S. The predicted octanol–water partition coefficient (Wildman–Crippen LogP) is 0.543. The van der Waals surface area contributed by atoms with Crippen molar-refractivity contribution in [2.24, 2.45) is 5.14 Å². The van der Waals surface area contributed by atoms with Gasteiger partial charge in [0.25, 0.3) is 0 Å². The lowest BCUT2D eigenvalue weighted by Crippen LogP contribution is -2.27. The fraction of sp³-hybridized carbons (Fsp3) is 0.455. The molecule has 0 fully saturated rings. The van der Waals surface area contributed by atoms with Crippen molar-refractivity contribution in [3.63, 3.8) is 0 Å². The lowest BCUT2D eigenvalue weighted by Gasteiger charge is -2.23. The van der Waals surface area contributed by atoms with Crippen LogP contribution < -0.4 is 10.0 Å². The van der Waals surface area contributed by atoms with E-state index in [-0.39, 0.29) is 11.5 Å². The molecule has 0 spiro atoms. The number of aliphatic hydroxyl groups excluding tert-OH is 1. The van der Waals surface area contributed by atoms with Crippen LogP contribution in [-0.2, 0) is 10.0 Å². The second kappa shape index (κ2) is 6.00. The van der Waals surface area contributed by atoms with E-state index in [4.69, 9.17) is 10.2 Å². The van der Waals surface area contributed by atoms with Gasteiger partial charge in [0.05, 0.1) is 11.5 Å². The normalized spacial score (nSPS) is 11.5. The van der Waals surface area contributed by atoms with Crippen LogP contribution in [0, 0.1) is 0 Å². The van der Waals surface area contributed by atoms with Gasteiger partial charge in [0.15, 0.2) is 0 Å². The number of anilines is 1. The molecule has 0 saturated carbocycles. The highest BCUT2D eigenvalue weighted by Crippen LogP contribution is 2.17. The second-order valence-corrected chi connectivity index (χ2v) is 5.31. The largest absolute Gasteiger partial charge is 0.395 e. The van der Waals surface area contributed by atoms with Gasteiger partial charge in [-0.2, -0.15) is 0 Å². The predicted molar refractivity (Wildman–Crippen MR) is 67.4 cm³/mol. The fourth-order valence-corrected chi connectivity index (χ4v) is 2.12. The number of aliphatic hydroxyl groups is 1. The van der Waals surface area contributed by atoms with E-state index >= 15 is 0 Å². The minimum atomic E-state index is -3.64. The van der Waals surface area contributed by atoms with Gasteiger partial charge < -0.3 is 10.0 Å². The van der Waals surface area contributed by atoms with Gasteiger partial charge in [-0.05, 0) is 30.7 Å². The van der Waals surface area contributed by atoms with Crippen LogP contribution in [0.1, 0.15) is 13.3 Å². The summed E-state index contributed by atoms with van der Waals surface area (Å²) in [5.41, 5.74) is 0.883. The Morgan fingerprint density at radius 2 is 1.82 bits per heavy atom. The highest BCUT2D eigenvalue weighted by Gasteiger charge is 2.09. The average molecular weight is 258 g/mol. The first-order chi connectivity index (χ1) is 7.99. The first kappa shape index (κ1) is 14.0. The molecule has 0 aliphatic heterocycles. The molecule has 96 valence electrons. The molecule has 0 amide bonds. The number of rotatable bonds is 6. The topological polar surface area (TPSA) is 83.6 Å². The molecule has 1 rings (SSSR count). The standard InChI is InChI=1S/C11H18N2O3S/c1-2-7-13(8-9-14)10-3-5-11(6-4-10)17(12,15)16/h3-6,14H,2,7-9H2,1H3,(H2,12,15,16). The highest BCUT2D eigenvalue weighted by atomic mass is 32.2. The zero-order valence-corrected chi connectivity index (χ0v) is 10.7. The van der Waals surface area contributed by atoms with E-state index in [9.17, 15) is 8.42 Å². The fourth-order valence-electron chi connectivity index (χ4n) is 1.61. The number of benzene rings is 1. The number of primary sulfonamides is 1. The van der Waals surface area contributed by atoms with Crippen molar-refractivity contribution >= 4 is 15.7 Å². The number of sulfonamides is 1. The molecule has 0 radical (unpaired) electrons. The number of hydrogen-bond acceptors (Lipinski definition) is 4. The molecule has 17 heavy (non-hydrogen) atoms. The molecule has 0 bridgehead atoms. The second-order valence-electron chi connectivity index (χ2n) is 3.75. The van der Waals surface area contributed by atoms with Crippen LogP contribution in [0.3, 0.4) is 0 Å². The van der Waals surface area contributed by atoms with Gasteiger partial charge in [0, 0.05) is 18.8 Å². The Morgan fingerprint density at radius 1 is 1.24 bits per heavy atom. The summed E-state index contributed by atoms with van der Waals surface area (Å²) in [4.78, 5) is 2.09. The van der Waals surface area contributed by atoms with Gasteiger partial charge in [0.1, 0.15) is 0 Å². The zero-order valence-electron chi connectivity index (χ0n) is 9.83. The van der Waals surface area contributed by atoms with E-state index in [1.54, 1.807) is 12.1 Å². The van der Waals surface area contributed by atoms with Crippen LogP contribution in [-0.4, -0.2) is 33.2 Å². The Kier molecular flexibility index (Phi) is 4.92. The molecule has 1 aromatic rings. The SMILES string of the molecule is CCCN(CCO)c1ccc(S(N)(=O)=O)cc1. The zero-order chi connectivity index (χ0) is 12.9. The molecule has 0 saturated heterocycles. The maximum atomic E-state index is 11.1. The summed E-state index contributed by atoms with van der Waals surface area (Å²) in [7, 11) is -3.64. The maximum absolute atomic E-state index is 11.1. The summed E-state index contributed by atoms with van der Waals surface area (Å²) in [5.74, 6) is 0. The third-order valence-corrected chi connectivity index (χ3v) is 3.32. The molecule has 0 heterocycles. The minimum absolute atomic E-state index is 0.0664. The van der Waals surface area contributed by atoms with Crippen LogP contribution in [0.4, 0.5) is 5.69 Å². The van der Waals surface area contributed by atoms with E-state index in [0.29, 0.717) is 6.54 Å². The Balaban J connectivity index is 2.91. The summed E-state index contributed by atoms with van der Waals surface area (Å²) in [6.07, 6.45) is 0.955. The Bertz CT molecular complexity index is 436.